The Morgan fingerprint density at radius 3 is 2.76 bits per heavy atom. The second-order valence-electron chi connectivity index (χ2n) is 9.59. The van der Waals surface area contributed by atoms with Crippen LogP contribution in [-0.4, -0.2) is 46.8 Å². The monoisotopic (exact) mass is 504 g/mol. The van der Waals surface area contributed by atoms with Crippen LogP contribution in [0.3, 0.4) is 0 Å². The number of H-pyrrole nitrogens is 1. The fraction of sp³-hybridized carbons (Fsp3) is 0.360. The number of carboxylic acid groups (broad SMARTS) is 1. The molecule has 0 radical (unpaired) electrons. The third-order valence-corrected chi connectivity index (χ3v) is 7.52. The van der Waals surface area contributed by atoms with Gasteiger partial charge in [0, 0.05) is 34.9 Å². The summed E-state index contributed by atoms with van der Waals surface area (Å²) in [5.74, 6) is -2.75. The zero-order valence-electron chi connectivity index (χ0n) is 19.5. The molecule has 2 atom stereocenters. The Morgan fingerprint density at radius 2 is 2.00 bits per heavy atom. The van der Waals surface area contributed by atoms with Crippen molar-refractivity contribution in [1.29, 1.82) is 0 Å². The highest BCUT2D eigenvalue weighted by atomic mass is 19.1. The Balaban J connectivity index is 1.49. The molecule has 0 unspecified atom stereocenters. The third-order valence-electron chi connectivity index (χ3n) is 7.52. The zero-order valence-corrected chi connectivity index (χ0v) is 19.5. The maximum Gasteiger partial charge on any atom is 0.308 e. The van der Waals surface area contributed by atoms with E-state index in [9.17, 15) is 14.3 Å². The summed E-state index contributed by atoms with van der Waals surface area (Å²) in [4.78, 5) is 31.4. The van der Waals surface area contributed by atoms with Gasteiger partial charge < -0.3 is 15.4 Å². The van der Waals surface area contributed by atoms with Crippen molar-refractivity contribution < 1.29 is 18.7 Å². The van der Waals surface area contributed by atoms with Crippen LogP contribution in [0.4, 0.5) is 14.6 Å². The number of halogens is 2. The molecule has 0 spiro atoms. The lowest BCUT2D eigenvalue weighted by Crippen LogP contribution is -2.51. The van der Waals surface area contributed by atoms with Crippen LogP contribution >= 0.6 is 0 Å². The first kappa shape index (κ1) is 23.0. The summed E-state index contributed by atoms with van der Waals surface area (Å²) in [5.41, 5.74) is 1.10. The molecule has 4 aromatic heterocycles. The molecule has 12 heteroatoms. The standard InChI is InChI=1S/C25H22F2N8O2/c1-28-11-35-10-14(7-31-35)21-19(27)24(32-20-13-4-2-12(3-5-13)18(20)25(36)37)34-23(33-21)17-9-30-22-16(17)6-15(26)8-29-22/h6-10,12-13,18,20H,2-5,11H2,(H,29,30)(H,36,37)(H,32,33,34)/t12?,13?,18-,20-/m0/s1. The number of carboxylic acids is 1. The van der Waals surface area contributed by atoms with Gasteiger partial charge >= 0.3 is 12.6 Å². The van der Waals surface area contributed by atoms with E-state index in [-0.39, 0.29) is 35.8 Å². The van der Waals surface area contributed by atoms with E-state index in [0.29, 0.717) is 22.2 Å². The fourth-order valence-electron chi connectivity index (χ4n) is 5.82. The molecule has 0 aliphatic heterocycles. The molecule has 188 valence electrons. The molecule has 3 aliphatic carbocycles. The maximum absolute atomic E-state index is 16.0. The van der Waals surface area contributed by atoms with Gasteiger partial charge in [0.15, 0.2) is 17.5 Å². The minimum absolute atomic E-state index is 0.0263. The van der Waals surface area contributed by atoms with E-state index in [1.54, 1.807) is 6.20 Å². The maximum atomic E-state index is 16.0. The first-order chi connectivity index (χ1) is 17.9. The van der Waals surface area contributed by atoms with Crippen molar-refractivity contribution in [1.82, 2.24) is 29.7 Å². The summed E-state index contributed by atoms with van der Waals surface area (Å²) in [5, 5.41) is 17.6. The van der Waals surface area contributed by atoms with E-state index in [4.69, 9.17) is 6.57 Å². The van der Waals surface area contributed by atoms with Crippen LogP contribution in [0.1, 0.15) is 25.7 Å². The smallest absolute Gasteiger partial charge is 0.308 e. The molecule has 3 saturated carbocycles. The van der Waals surface area contributed by atoms with Gasteiger partial charge in [0.05, 0.1) is 18.3 Å². The van der Waals surface area contributed by atoms with Gasteiger partial charge in [-0.3, -0.25) is 9.64 Å². The zero-order chi connectivity index (χ0) is 25.7. The van der Waals surface area contributed by atoms with Gasteiger partial charge in [0.2, 0.25) is 0 Å². The van der Waals surface area contributed by atoms with Gasteiger partial charge in [0.25, 0.3) is 0 Å². The second-order valence-corrected chi connectivity index (χ2v) is 9.59. The predicted octanol–water partition coefficient (Wildman–Crippen LogP) is 4.34. The summed E-state index contributed by atoms with van der Waals surface area (Å²) >= 11 is 0. The van der Waals surface area contributed by atoms with E-state index in [1.807, 2.05) is 0 Å². The molecule has 2 bridgehead atoms. The number of anilines is 1. The molecular weight excluding hydrogens is 482 g/mol. The average molecular weight is 505 g/mol. The van der Waals surface area contributed by atoms with Gasteiger partial charge in [-0.25, -0.2) is 35.0 Å². The van der Waals surface area contributed by atoms with Crippen molar-refractivity contribution in [3.63, 3.8) is 0 Å². The predicted molar refractivity (Wildman–Crippen MR) is 129 cm³/mol. The number of rotatable bonds is 6. The molecule has 4 heterocycles. The number of aromatic amines is 1. The van der Waals surface area contributed by atoms with E-state index >= 15 is 4.39 Å². The summed E-state index contributed by atoms with van der Waals surface area (Å²) in [7, 11) is 0. The van der Waals surface area contributed by atoms with Gasteiger partial charge in [-0.2, -0.15) is 5.10 Å². The molecule has 4 aromatic rings. The first-order valence-corrected chi connectivity index (χ1v) is 12.0. The van der Waals surface area contributed by atoms with E-state index in [2.05, 4.69) is 35.2 Å². The van der Waals surface area contributed by atoms with Crippen LogP contribution in [-0.2, 0) is 11.5 Å². The molecule has 0 amide bonds. The van der Waals surface area contributed by atoms with Crippen LogP contribution in [0.15, 0.2) is 30.9 Å². The van der Waals surface area contributed by atoms with E-state index in [1.165, 1.54) is 23.1 Å². The molecule has 0 aromatic carbocycles. The molecule has 3 N–H and O–H groups in total. The van der Waals surface area contributed by atoms with Gasteiger partial charge in [-0.1, -0.05) is 0 Å². The molecule has 37 heavy (non-hydrogen) atoms. The van der Waals surface area contributed by atoms with Crippen molar-refractivity contribution in [2.45, 2.75) is 38.4 Å². The summed E-state index contributed by atoms with van der Waals surface area (Å²) in [6.07, 6.45) is 9.00. The van der Waals surface area contributed by atoms with Crippen molar-refractivity contribution in [2.75, 3.05) is 5.32 Å². The molecule has 3 aliphatic rings. The quantitative estimate of drug-likeness (QED) is 0.334. The Labute approximate surface area is 209 Å². The number of pyridine rings is 1. The average Bonchev–Trinajstić information content (AvgIpc) is 3.53. The summed E-state index contributed by atoms with van der Waals surface area (Å²) < 4.78 is 31.3. The fourth-order valence-corrected chi connectivity index (χ4v) is 5.82. The molecule has 0 saturated heterocycles. The number of aliphatic carboxylic acids is 1. The van der Waals surface area contributed by atoms with Crippen LogP contribution in [0.2, 0.25) is 0 Å². The number of nitrogens with one attached hydrogen (secondary N) is 2. The topological polar surface area (TPSA) is 126 Å². The van der Waals surface area contributed by atoms with E-state index < -0.39 is 29.6 Å². The first-order valence-electron chi connectivity index (χ1n) is 12.0. The number of carbonyl (C=O) groups is 1. The van der Waals surface area contributed by atoms with Gasteiger partial charge in [-0.05, 0) is 43.6 Å². The highest BCUT2D eigenvalue weighted by Gasteiger charge is 2.47. The highest BCUT2D eigenvalue weighted by molar-refractivity contribution is 5.92. The lowest BCUT2D eigenvalue weighted by molar-refractivity contribution is -0.148. The van der Waals surface area contributed by atoms with E-state index in [0.717, 1.165) is 31.9 Å². The Kier molecular flexibility index (Phi) is 5.55. The number of nitrogens with zero attached hydrogens (tertiary/aromatic N) is 6. The Morgan fingerprint density at radius 1 is 1.22 bits per heavy atom. The molecular formula is C25H22F2N8O2. The van der Waals surface area contributed by atoms with Gasteiger partial charge in [-0.15, -0.1) is 0 Å². The summed E-state index contributed by atoms with van der Waals surface area (Å²) in [6, 6.07) is 0.809. The van der Waals surface area contributed by atoms with Crippen molar-refractivity contribution in [3.05, 3.63) is 53.9 Å². The second kappa shape index (κ2) is 8.92. The Bertz CT molecular complexity index is 1550. The van der Waals surface area contributed by atoms with Crippen molar-refractivity contribution >= 4 is 22.8 Å². The summed E-state index contributed by atoms with van der Waals surface area (Å²) in [6.45, 7) is 7.02. The van der Waals surface area contributed by atoms with Crippen LogP contribution in [0.25, 0.3) is 38.5 Å². The van der Waals surface area contributed by atoms with Crippen LogP contribution in [0.5, 0.6) is 0 Å². The lowest BCUT2D eigenvalue weighted by Gasteiger charge is -2.47. The molecule has 7 rings (SSSR count). The number of fused-ring (bicyclic) bond motifs is 4. The largest absolute Gasteiger partial charge is 0.481 e. The number of aromatic nitrogens is 6. The van der Waals surface area contributed by atoms with Crippen LogP contribution < -0.4 is 5.32 Å². The van der Waals surface area contributed by atoms with Crippen molar-refractivity contribution in [2.24, 2.45) is 17.8 Å². The van der Waals surface area contributed by atoms with Crippen molar-refractivity contribution in [3.8, 4) is 22.6 Å². The minimum atomic E-state index is -0.902. The normalized spacial score (nSPS) is 22.7. The number of hydrogen-bond donors (Lipinski definition) is 3. The highest BCUT2D eigenvalue weighted by Crippen LogP contribution is 2.46. The minimum Gasteiger partial charge on any atom is -0.481 e. The number of hydrogen-bond acceptors (Lipinski definition) is 6. The third kappa shape index (κ3) is 3.96. The Hall–Kier alpha value is -4.40. The molecule has 3 fully saturated rings. The lowest BCUT2D eigenvalue weighted by atomic mass is 9.61. The van der Waals surface area contributed by atoms with Crippen LogP contribution in [0, 0.1) is 36.0 Å². The SMILES string of the molecule is [C-]#[N+]Cn1cc(-c2nc(-c3c[nH]c4ncc(F)cc34)nc(N[C@H]3C4CCC(CC4)[C@@H]3C(=O)O)c2F)cn1. The van der Waals surface area contributed by atoms with Gasteiger partial charge in [0.1, 0.15) is 17.2 Å². The molecule has 10 nitrogen and oxygen atoms in total.